The quantitative estimate of drug-likeness (QED) is 0.401. The van der Waals surface area contributed by atoms with Crippen molar-refractivity contribution in [3.8, 4) is 0 Å². The third-order valence-corrected chi connectivity index (χ3v) is 15.0. The topological polar surface area (TPSA) is 75.7 Å². The normalized spacial score (nSPS) is 44.4. The van der Waals surface area contributed by atoms with Crippen LogP contribution >= 0.6 is 0 Å². The summed E-state index contributed by atoms with van der Waals surface area (Å²) in [5, 5.41) is 21.5. The largest absolute Gasteiger partial charge is 0.417 e. The zero-order valence-electron chi connectivity index (χ0n) is 21.2. The molecule has 0 radical (unpaired) electrons. The molecule has 0 amide bonds. The Hall–Kier alpha value is -0.203. The molecule has 3 fully saturated rings. The Bertz CT molecular complexity index is 674. The van der Waals surface area contributed by atoms with Crippen LogP contribution in [0.15, 0.2) is 12.2 Å². The third-order valence-electron chi connectivity index (χ3n) is 10.5. The van der Waals surface area contributed by atoms with E-state index in [0.29, 0.717) is 43.7 Å². The molecule has 3 aliphatic carbocycles. The van der Waals surface area contributed by atoms with Crippen LogP contribution in [0.4, 0.5) is 0 Å². The van der Waals surface area contributed by atoms with Crippen LogP contribution in [0.5, 0.6) is 0 Å². The molecule has 180 valence electrons. The van der Waals surface area contributed by atoms with Gasteiger partial charge in [-0.25, -0.2) is 0 Å². The Balaban J connectivity index is 1.88. The molecule has 31 heavy (non-hydrogen) atoms. The van der Waals surface area contributed by atoms with Crippen molar-refractivity contribution in [1.29, 1.82) is 0 Å². The van der Waals surface area contributed by atoms with Gasteiger partial charge in [-0.2, -0.15) is 0 Å². The summed E-state index contributed by atoms with van der Waals surface area (Å²) in [6.07, 6.45) is 4.57. The number of hydrogen-bond acceptors (Lipinski definition) is 4. The summed E-state index contributed by atoms with van der Waals surface area (Å²) in [7, 11) is -1.89. The van der Waals surface area contributed by atoms with E-state index in [1.54, 1.807) is 0 Å². The van der Waals surface area contributed by atoms with E-state index in [0.717, 1.165) is 12.8 Å². The summed E-state index contributed by atoms with van der Waals surface area (Å²) in [5.74, 6) is 1.73. The molecule has 8 atom stereocenters. The van der Waals surface area contributed by atoms with E-state index >= 15 is 0 Å². The number of aliphatic hydroxyl groups excluding tert-OH is 2. The van der Waals surface area contributed by atoms with Crippen molar-refractivity contribution in [1.82, 2.24) is 0 Å². The predicted molar refractivity (Wildman–Crippen MR) is 131 cm³/mol. The number of fused-ring (bicyclic) bond motifs is 1. The SMILES string of the molecule is C=C1CCC2[C@H](CN)C([C@@]3(C)C[C@@H](O)[C@@H](O)C[C@@H]3CO[Si](C)(C)C(C)(C)C)CC[C@]12C. The first kappa shape index (κ1) is 25.4. The maximum Gasteiger partial charge on any atom is 0.191 e. The van der Waals surface area contributed by atoms with Gasteiger partial charge in [-0.3, -0.25) is 0 Å². The first-order valence-corrected chi connectivity index (χ1v) is 15.5. The van der Waals surface area contributed by atoms with Gasteiger partial charge in [0.1, 0.15) is 0 Å². The second-order valence-electron chi connectivity index (χ2n) is 13.1. The molecule has 0 aromatic heterocycles. The summed E-state index contributed by atoms with van der Waals surface area (Å²) in [6, 6.07) is 0. The molecule has 4 N–H and O–H groups in total. The van der Waals surface area contributed by atoms with Gasteiger partial charge in [0.15, 0.2) is 8.32 Å². The summed E-state index contributed by atoms with van der Waals surface area (Å²) < 4.78 is 6.70. The van der Waals surface area contributed by atoms with Gasteiger partial charge >= 0.3 is 0 Å². The molecular formula is C26H49NO3Si. The van der Waals surface area contributed by atoms with Gasteiger partial charge in [-0.15, -0.1) is 0 Å². The Morgan fingerprint density at radius 3 is 2.35 bits per heavy atom. The van der Waals surface area contributed by atoms with Crippen LogP contribution in [-0.4, -0.2) is 43.9 Å². The standard InChI is InChI=1S/C26H49NO3Si/c1-17-9-10-20-19(15-27)21(11-12-25(17,20)5)26(6)14-23(29)22(28)13-18(26)16-30-31(7,8)24(2,3)4/h18-23,28-29H,1,9-16,27H2,2-8H3/t18-,19+,20?,21?,22+,23-,25-,26+/m1/s1. The van der Waals surface area contributed by atoms with Crippen LogP contribution in [0.2, 0.25) is 18.1 Å². The maximum atomic E-state index is 10.7. The summed E-state index contributed by atoms with van der Waals surface area (Å²) >= 11 is 0. The van der Waals surface area contributed by atoms with Crippen molar-refractivity contribution in [2.24, 2.45) is 40.2 Å². The highest BCUT2D eigenvalue weighted by atomic mass is 28.4. The van der Waals surface area contributed by atoms with Gasteiger partial charge in [0.05, 0.1) is 12.2 Å². The Labute approximate surface area is 192 Å². The number of rotatable bonds is 5. The van der Waals surface area contributed by atoms with Gasteiger partial charge in [0.2, 0.25) is 0 Å². The molecular weight excluding hydrogens is 402 g/mol. The predicted octanol–water partition coefficient (Wildman–Crippen LogP) is 5.10. The van der Waals surface area contributed by atoms with E-state index in [-0.39, 0.29) is 21.8 Å². The van der Waals surface area contributed by atoms with Crippen LogP contribution in [0, 0.1) is 34.5 Å². The van der Waals surface area contributed by atoms with E-state index in [1.807, 2.05) is 0 Å². The minimum absolute atomic E-state index is 0.0731. The molecule has 3 aliphatic rings. The second kappa shape index (κ2) is 8.54. The highest BCUT2D eigenvalue weighted by molar-refractivity contribution is 6.74. The van der Waals surface area contributed by atoms with Crippen LogP contribution in [0.1, 0.15) is 73.1 Å². The van der Waals surface area contributed by atoms with Crippen molar-refractivity contribution in [2.45, 2.75) is 103 Å². The average Bonchev–Trinajstić information content (AvgIpc) is 2.97. The lowest BCUT2D eigenvalue weighted by Crippen LogP contribution is -2.56. The van der Waals surface area contributed by atoms with Gasteiger partial charge in [0, 0.05) is 6.61 Å². The zero-order chi connectivity index (χ0) is 23.4. The van der Waals surface area contributed by atoms with Crippen molar-refractivity contribution in [3.63, 3.8) is 0 Å². The molecule has 3 rings (SSSR count). The minimum atomic E-state index is -1.89. The van der Waals surface area contributed by atoms with Crippen LogP contribution in [0.25, 0.3) is 0 Å². The fourth-order valence-electron chi connectivity index (χ4n) is 7.05. The lowest BCUT2D eigenvalue weighted by atomic mass is 9.49. The molecule has 0 bridgehead atoms. The molecule has 0 heterocycles. The van der Waals surface area contributed by atoms with E-state index in [9.17, 15) is 10.2 Å². The number of aliphatic hydroxyl groups is 2. The fourth-order valence-corrected chi connectivity index (χ4v) is 8.10. The molecule has 5 heteroatoms. The molecule has 2 unspecified atom stereocenters. The van der Waals surface area contributed by atoms with Gasteiger partial charge < -0.3 is 20.4 Å². The zero-order valence-corrected chi connectivity index (χ0v) is 22.2. The summed E-state index contributed by atoms with van der Waals surface area (Å²) in [6.45, 7) is 22.0. The van der Waals surface area contributed by atoms with E-state index in [4.69, 9.17) is 10.2 Å². The lowest BCUT2D eigenvalue weighted by molar-refractivity contribution is -0.135. The van der Waals surface area contributed by atoms with Crippen molar-refractivity contribution in [3.05, 3.63) is 12.2 Å². The van der Waals surface area contributed by atoms with Gasteiger partial charge in [0.25, 0.3) is 0 Å². The monoisotopic (exact) mass is 451 g/mol. The molecule has 0 aromatic rings. The summed E-state index contributed by atoms with van der Waals surface area (Å²) in [4.78, 5) is 0. The highest BCUT2D eigenvalue weighted by Crippen LogP contribution is 2.63. The summed E-state index contributed by atoms with van der Waals surface area (Å²) in [5.41, 5.74) is 8.02. The minimum Gasteiger partial charge on any atom is -0.417 e. The number of hydrogen-bond donors (Lipinski definition) is 3. The molecule has 0 aromatic carbocycles. The van der Waals surface area contributed by atoms with E-state index < -0.39 is 20.5 Å². The van der Waals surface area contributed by atoms with Crippen LogP contribution < -0.4 is 5.73 Å². The van der Waals surface area contributed by atoms with Crippen LogP contribution in [0.3, 0.4) is 0 Å². The first-order chi connectivity index (χ1) is 14.2. The smallest absolute Gasteiger partial charge is 0.191 e. The molecule has 0 aliphatic heterocycles. The molecule has 0 saturated heterocycles. The van der Waals surface area contributed by atoms with Crippen molar-refractivity contribution < 1.29 is 14.6 Å². The fraction of sp³-hybridized carbons (Fsp3) is 0.923. The Morgan fingerprint density at radius 1 is 1.13 bits per heavy atom. The lowest BCUT2D eigenvalue weighted by Gasteiger charge is -2.57. The van der Waals surface area contributed by atoms with Crippen molar-refractivity contribution in [2.75, 3.05) is 13.2 Å². The first-order valence-electron chi connectivity index (χ1n) is 12.6. The number of nitrogens with two attached hydrogens (primary N) is 1. The molecule has 4 nitrogen and oxygen atoms in total. The Morgan fingerprint density at radius 2 is 1.77 bits per heavy atom. The average molecular weight is 452 g/mol. The molecule has 3 saturated carbocycles. The number of allylic oxidation sites excluding steroid dienone is 1. The van der Waals surface area contributed by atoms with E-state index in [1.165, 1.54) is 18.4 Å². The third kappa shape index (κ3) is 4.34. The van der Waals surface area contributed by atoms with E-state index in [2.05, 4.69) is 54.3 Å². The highest BCUT2D eigenvalue weighted by Gasteiger charge is 2.57. The van der Waals surface area contributed by atoms with Gasteiger partial charge in [-0.1, -0.05) is 46.8 Å². The second-order valence-corrected chi connectivity index (χ2v) is 17.9. The maximum absolute atomic E-state index is 10.7. The van der Waals surface area contributed by atoms with Crippen LogP contribution in [-0.2, 0) is 4.43 Å². The van der Waals surface area contributed by atoms with Gasteiger partial charge in [-0.05, 0) is 97.7 Å². The Kier molecular flexibility index (Phi) is 7.00. The molecule has 0 spiro atoms. The van der Waals surface area contributed by atoms with Crippen molar-refractivity contribution >= 4 is 8.32 Å².